The van der Waals surface area contributed by atoms with Crippen molar-refractivity contribution in [2.24, 2.45) is 0 Å². The van der Waals surface area contributed by atoms with Gasteiger partial charge in [0, 0.05) is 30.8 Å². The molecule has 0 N–H and O–H groups in total. The lowest BCUT2D eigenvalue weighted by molar-refractivity contribution is 0.0210. The van der Waals surface area contributed by atoms with Crippen LogP contribution >= 0.6 is 11.6 Å². The highest BCUT2D eigenvalue weighted by molar-refractivity contribution is 6.30. The number of likely N-dealkylation sites (N-methyl/N-ethyl adjacent to an activating group) is 1. The van der Waals surface area contributed by atoms with E-state index >= 15 is 0 Å². The Bertz CT molecular complexity index is 569. The molecule has 128 valence electrons. The minimum absolute atomic E-state index is 0.161. The lowest BCUT2D eigenvalue weighted by Crippen LogP contribution is -2.50. The molecule has 0 bridgehead atoms. The summed E-state index contributed by atoms with van der Waals surface area (Å²) in [5.41, 5.74) is 1.89. The van der Waals surface area contributed by atoms with Gasteiger partial charge in [0.05, 0.1) is 6.04 Å². The third-order valence-electron chi connectivity index (χ3n) is 4.13. The molecule has 1 aliphatic rings. The molecule has 0 unspecified atom stereocenters. The van der Waals surface area contributed by atoms with E-state index in [9.17, 15) is 4.79 Å². The van der Waals surface area contributed by atoms with Gasteiger partial charge in [-0.05, 0) is 64.3 Å². The van der Waals surface area contributed by atoms with Gasteiger partial charge in [0.2, 0.25) is 0 Å². The van der Waals surface area contributed by atoms with Crippen LogP contribution in [0.4, 0.5) is 10.5 Å². The fourth-order valence-electron chi connectivity index (χ4n) is 2.95. The molecule has 1 saturated heterocycles. The molecule has 23 heavy (non-hydrogen) atoms. The highest BCUT2D eigenvalue weighted by Gasteiger charge is 2.29. The second kappa shape index (κ2) is 7.00. The van der Waals surface area contributed by atoms with Gasteiger partial charge in [-0.2, -0.15) is 0 Å². The summed E-state index contributed by atoms with van der Waals surface area (Å²) in [6.45, 7) is 9.57. The zero-order valence-corrected chi connectivity index (χ0v) is 15.5. The number of rotatable bonds is 2. The van der Waals surface area contributed by atoms with Crippen LogP contribution in [-0.2, 0) is 4.74 Å². The van der Waals surface area contributed by atoms with Crippen molar-refractivity contribution in [3.05, 3.63) is 28.8 Å². The van der Waals surface area contributed by atoms with Gasteiger partial charge in [-0.25, -0.2) is 4.79 Å². The van der Waals surface area contributed by atoms with Crippen LogP contribution in [0.1, 0.15) is 39.2 Å². The monoisotopic (exact) mass is 338 g/mol. The first kappa shape index (κ1) is 17.9. The number of piperidine rings is 1. The Kier molecular flexibility index (Phi) is 5.45. The topological polar surface area (TPSA) is 32.8 Å². The van der Waals surface area contributed by atoms with E-state index < -0.39 is 5.60 Å². The highest BCUT2D eigenvalue weighted by atomic mass is 35.5. The molecule has 1 atom stereocenters. The van der Waals surface area contributed by atoms with Gasteiger partial charge >= 0.3 is 6.09 Å². The van der Waals surface area contributed by atoms with Crippen molar-refractivity contribution in [2.75, 3.05) is 25.0 Å². The minimum atomic E-state index is -0.466. The average molecular weight is 339 g/mol. The molecule has 1 aliphatic heterocycles. The van der Waals surface area contributed by atoms with Crippen molar-refractivity contribution >= 4 is 23.4 Å². The van der Waals surface area contributed by atoms with Crippen LogP contribution in [0.25, 0.3) is 0 Å². The normalized spacial score (nSPS) is 18.7. The highest BCUT2D eigenvalue weighted by Crippen LogP contribution is 2.27. The van der Waals surface area contributed by atoms with Crippen molar-refractivity contribution in [3.63, 3.8) is 0 Å². The van der Waals surface area contributed by atoms with E-state index in [1.165, 1.54) is 5.69 Å². The zero-order chi connectivity index (χ0) is 17.2. The first-order valence-electron chi connectivity index (χ1n) is 8.14. The van der Waals surface area contributed by atoms with Crippen molar-refractivity contribution in [1.82, 2.24) is 4.90 Å². The van der Waals surface area contributed by atoms with Crippen LogP contribution in [0.5, 0.6) is 0 Å². The van der Waals surface area contributed by atoms with E-state index in [2.05, 4.69) is 17.9 Å². The Balaban J connectivity index is 2.07. The molecule has 5 heteroatoms. The summed E-state index contributed by atoms with van der Waals surface area (Å²) in [5, 5.41) is 0.755. The summed E-state index contributed by atoms with van der Waals surface area (Å²) < 4.78 is 5.48. The van der Waals surface area contributed by atoms with Gasteiger partial charge < -0.3 is 14.5 Å². The Labute approximate surface area is 144 Å². The standard InChI is InChI=1S/C18H27ClN2O2/c1-13-11-14(19)8-9-16(13)21-10-6-7-15(12-21)20(5)17(22)23-18(2,3)4/h8-9,11,15H,6-7,10,12H2,1-5H3/t15-/m1/s1. The zero-order valence-electron chi connectivity index (χ0n) is 14.7. The van der Waals surface area contributed by atoms with E-state index in [4.69, 9.17) is 16.3 Å². The number of aryl methyl sites for hydroxylation is 1. The summed E-state index contributed by atoms with van der Waals surface area (Å²) >= 11 is 6.05. The third-order valence-corrected chi connectivity index (χ3v) is 4.36. The number of hydrogen-bond donors (Lipinski definition) is 0. The molecule has 0 radical (unpaired) electrons. The molecule has 2 rings (SSSR count). The van der Waals surface area contributed by atoms with Crippen LogP contribution < -0.4 is 4.90 Å². The van der Waals surface area contributed by atoms with E-state index in [1.54, 1.807) is 4.90 Å². The van der Waals surface area contributed by atoms with E-state index in [0.29, 0.717) is 0 Å². The number of carbonyl (C=O) groups is 1. The van der Waals surface area contributed by atoms with Gasteiger partial charge in [-0.1, -0.05) is 11.6 Å². The van der Waals surface area contributed by atoms with Crippen LogP contribution in [0.15, 0.2) is 18.2 Å². The van der Waals surface area contributed by atoms with Crippen molar-refractivity contribution in [1.29, 1.82) is 0 Å². The molecule has 1 heterocycles. The van der Waals surface area contributed by atoms with Crippen molar-refractivity contribution < 1.29 is 9.53 Å². The van der Waals surface area contributed by atoms with Crippen molar-refractivity contribution in [2.45, 2.75) is 52.2 Å². The molecule has 0 aromatic heterocycles. The number of benzene rings is 1. The number of carbonyl (C=O) groups excluding carboxylic acids is 1. The maximum Gasteiger partial charge on any atom is 0.410 e. The van der Waals surface area contributed by atoms with E-state index in [-0.39, 0.29) is 12.1 Å². The lowest BCUT2D eigenvalue weighted by atomic mass is 10.0. The molecule has 4 nitrogen and oxygen atoms in total. The Morgan fingerprint density at radius 1 is 1.39 bits per heavy atom. The molecular weight excluding hydrogens is 312 g/mol. The fraction of sp³-hybridized carbons (Fsp3) is 0.611. The number of halogens is 1. The van der Waals surface area contributed by atoms with Crippen LogP contribution in [0.2, 0.25) is 5.02 Å². The first-order chi connectivity index (χ1) is 10.7. The summed E-state index contributed by atoms with van der Waals surface area (Å²) in [5.74, 6) is 0. The molecular formula is C18H27ClN2O2. The van der Waals surface area contributed by atoms with E-state index in [0.717, 1.165) is 36.5 Å². The molecule has 1 aromatic carbocycles. The smallest absolute Gasteiger partial charge is 0.410 e. The third kappa shape index (κ3) is 4.77. The number of hydrogen-bond acceptors (Lipinski definition) is 3. The Morgan fingerprint density at radius 3 is 2.70 bits per heavy atom. The summed E-state index contributed by atoms with van der Waals surface area (Å²) in [7, 11) is 1.83. The largest absolute Gasteiger partial charge is 0.444 e. The molecule has 1 aromatic rings. The van der Waals surface area contributed by atoms with Crippen LogP contribution in [-0.4, -0.2) is 42.8 Å². The first-order valence-corrected chi connectivity index (χ1v) is 8.52. The molecule has 0 aliphatic carbocycles. The number of ether oxygens (including phenoxy) is 1. The van der Waals surface area contributed by atoms with Gasteiger partial charge in [-0.15, -0.1) is 0 Å². The fourth-order valence-corrected chi connectivity index (χ4v) is 3.17. The van der Waals surface area contributed by atoms with Crippen LogP contribution in [0, 0.1) is 6.92 Å². The molecule has 1 amide bonds. The summed E-state index contributed by atoms with van der Waals surface area (Å²) in [6.07, 6.45) is 1.80. The predicted molar refractivity (Wildman–Crippen MR) is 95.4 cm³/mol. The van der Waals surface area contributed by atoms with E-state index in [1.807, 2.05) is 40.0 Å². The average Bonchev–Trinajstić information content (AvgIpc) is 2.44. The lowest BCUT2D eigenvalue weighted by Gasteiger charge is -2.39. The maximum absolute atomic E-state index is 12.3. The number of amides is 1. The Hall–Kier alpha value is -1.42. The minimum Gasteiger partial charge on any atom is -0.444 e. The predicted octanol–water partition coefficient (Wildman–Crippen LogP) is 4.48. The SMILES string of the molecule is Cc1cc(Cl)ccc1N1CCC[C@@H](N(C)C(=O)OC(C)(C)C)C1. The molecule has 1 fully saturated rings. The van der Waals surface area contributed by atoms with Gasteiger partial charge in [0.1, 0.15) is 5.60 Å². The quantitative estimate of drug-likeness (QED) is 0.796. The van der Waals surface area contributed by atoms with Gasteiger partial charge in [0.15, 0.2) is 0 Å². The molecule has 0 saturated carbocycles. The van der Waals surface area contributed by atoms with Gasteiger partial charge in [-0.3, -0.25) is 0 Å². The Morgan fingerprint density at radius 2 is 2.09 bits per heavy atom. The second-order valence-electron chi connectivity index (χ2n) is 7.26. The van der Waals surface area contributed by atoms with Crippen molar-refractivity contribution in [3.8, 4) is 0 Å². The van der Waals surface area contributed by atoms with Gasteiger partial charge in [0.25, 0.3) is 0 Å². The summed E-state index contributed by atoms with van der Waals surface area (Å²) in [6, 6.07) is 6.13. The number of nitrogens with zero attached hydrogens (tertiary/aromatic N) is 2. The number of anilines is 1. The maximum atomic E-state index is 12.3. The summed E-state index contributed by atoms with van der Waals surface area (Å²) in [4.78, 5) is 16.4. The second-order valence-corrected chi connectivity index (χ2v) is 7.70. The molecule has 0 spiro atoms. The van der Waals surface area contributed by atoms with Crippen LogP contribution in [0.3, 0.4) is 0 Å².